The van der Waals surface area contributed by atoms with Crippen LogP contribution in [0.1, 0.15) is 46.8 Å². The van der Waals surface area contributed by atoms with Gasteiger partial charge in [0.25, 0.3) is 0 Å². The number of hydrogen-bond acceptors (Lipinski definition) is 1. The van der Waals surface area contributed by atoms with Crippen LogP contribution in [0.5, 0.6) is 0 Å². The Morgan fingerprint density at radius 1 is 1.10 bits per heavy atom. The van der Waals surface area contributed by atoms with E-state index in [9.17, 15) is 26.7 Å². The quantitative estimate of drug-likeness (QED) is 0.138. The van der Waals surface area contributed by atoms with E-state index in [1.165, 1.54) is 42.5 Å². The van der Waals surface area contributed by atoms with Crippen LogP contribution in [-0.4, -0.2) is 9.97 Å². The molecule has 0 aromatic heterocycles. The molecule has 10 heteroatoms. The minimum absolute atomic E-state index is 0.0125. The summed E-state index contributed by atoms with van der Waals surface area (Å²) < 4.78 is 70.1. The van der Waals surface area contributed by atoms with Gasteiger partial charge in [-0.05, 0) is 65.7 Å². The number of halogens is 9. The predicted octanol–water partition coefficient (Wildman–Crippen LogP) is 9.19. The SMILES string of the molecule is CC(C)(F)c1cc(/C(F)=C/C(c2cc(Cl)c(Br)c(Cl)c2)C(F)(F)F)ccc1C(=O)I. The maximum atomic E-state index is 14.9. The fraction of sp³-hybridized carbons (Fsp3) is 0.250. The molecule has 30 heavy (non-hydrogen) atoms. The highest BCUT2D eigenvalue weighted by Gasteiger charge is 2.40. The van der Waals surface area contributed by atoms with Crippen molar-refractivity contribution in [1.82, 2.24) is 0 Å². The Morgan fingerprint density at radius 2 is 1.63 bits per heavy atom. The molecule has 2 aromatic rings. The third-order valence-corrected chi connectivity index (χ3v) is 6.67. The Labute approximate surface area is 201 Å². The average molecular weight is 642 g/mol. The van der Waals surface area contributed by atoms with Crippen LogP contribution >= 0.6 is 61.7 Å². The third-order valence-electron chi connectivity index (χ3n) is 4.18. The molecule has 162 valence electrons. The number of allylic oxidation sites excluding steroid dienone is 1. The summed E-state index contributed by atoms with van der Waals surface area (Å²) in [5, 5.41) is -0.126. The standard InChI is InChI=1S/C20H13BrCl2F5IO/c1-19(2,25)13-5-9(3-4-11(13)18(29)30)16(24)8-12(20(26,27)28)10-6-14(22)17(21)15(23)7-10/h3-8,12H,1-2H3/b16-8-. The van der Waals surface area contributed by atoms with E-state index in [0.29, 0.717) is 6.08 Å². The van der Waals surface area contributed by atoms with Crippen LogP contribution in [0.4, 0.5) is 22.0 Å². The summed E-state index contributed by atoms with van der Waals surface area (Å²) in [7, 11) is 0. The maximum absolute atomic E-state index is 14.9. The van der Waals surface area contributed by atoms with E-state index in [1.807, 2.05) is 0 Å². The highest BCUT2D eigenvalue weighted by molar-refractivity contribution is 14.1. The summed E-state index contributed by atoms with van der Waals surface area (Å²) in [6.45, 7) is 2.34. The van der Waals surface area contributed by atoms with Crippen molar-refractivity contribution in [2.45, 2.75) is 31.6 Å². The van der Waals surface area contributed by atoms with Gasteiger partial charge < -0.3 is 0 Å². The lowest BCUT2D eigenvalue weighted by Crippen LogP contribution is -2.19. The van der Waals surface area contributed by atoms with E-state index in [0.717, 1.165) is 24.3 Å². The second-order valence-corrected chi connectivity index (χ2v) is 9.43. The van der Waals surface area contributed by atoms with Gasteiger partial charge in [0.1, 0.15) is 17.4 Å². The fourth-order valence-electron chi connectivity index (χ4n) is 2.73. The molecule has 0 aliphatic carbocycles. The molecular weight excluding hydrogens is 629 g/mol. The zero-order valence-electron chi connectivity index (χ0n) is 15.4. The van der Waals surface area contributed by atoms with Crippen LogP contribution in [0.25, 0.3) is 5.83 Å². The maximum Gasteiger partial charge on any atom is 0.399 e. The molecule has 0 bridgehead atoms. The van der Waals surface area contributed by atoms with Crippen LogP contribution in [0.3, 0.4) is 0 Å². The van der Waals surface area contributed by atoms with Crippen LogP contribution in [0, 0.1) is 0 Å². The van der Waals surface area contributed by atoms with Crippen LogP contribution in [0.15, 0.2) is 40.9 Å². The number of hydrogen-bond donors (Lipinski definition) is 0. The van der Waals surface area contributed by atoms with Gasteiger partial charge in [0.05, 0.1) is 14.5 Å². The first kappa shape index (κ1) is 25.5. The molecule has 1 atom stereocenters. The van der Waals surface area contributed by atoms with E-state index < -0.39 is 27.4 Å². The van der Waals surface area contributed by atoms with Gasteiger partial charge in [-0.1, -0.05) is 29.3 Å². The molecule has 1 unspecified atom stereocenters. The van der Waals surface area contributed by atoms with Crippen molar-refractivity contribution in [2.24, 2.45) is 0 Å². The van der Waals surface area contributed by atoms with Crippen LogP contribution in [0.2, 0.25) is 10.0 Å². The smallest absolute Gasteiger partial charge is 0.282 e. The van der Waals surface area contributed by atoms with E-state index in [-0.39, 0.29) is 36.8 Å². The highest BCUT2D eigenvalue weighted by Crippen LogP contribution is 2.42. The van der Waals surface area contributed by atoms with E-state index in [2.05, 4.69) is 15.9 Å². The van der Waals surface area contributed by atoms with Crippen molar-refractivity contribution >= 4 is 71.3 Å². The molecule has 0 amide bonds. The molecule has 0 aliphatic heterocycles. The van der Waals surface area contributed by atoms with E-state index in [4.69, 9.17) is 23.2 Å². The minimum atomic E-state index is -4.85. The second-order valence-electron chi connectivity index (χ2n) is 6.84. The largest absolute Gasteiger partial charge is 0.399 e. The van der Waals surface area contributed by atoms with Crippen molar-refractivity contribution in [3.8, 4) is 0 Å². The first-order chi connectivity index (χ1) is 13.6. The Balaban J connectivity index is 2.62. The van der Waals surface area contributed by atoms with Gasteiger partial charge in [-0.2, -0.15) is 13.2 Å². The Morgan fingerprint density at radius 3 is 2.07 bits per heavy atom. The van der Waals surface area contributed by atoms with Gasteiger partial charge in [0.2, 0.25) is 3.79 Å². The molecule has 0 saturated carbocycles. The number of carbonyl (C=O) groups excluding carboxylic acids is 1. The molecule has 2 aromatic carbocycles. The molecule has 0 fully saturated rings. The minimum Gasteiger partial charge on any atom is -0.282 e. The van der Waals surface area contributed by atoms with Gasteiger partial charge in [-0.15, -0.1) is 0 Å². The molecule has 1 nitrogen and oxygen atoms in total. The molecule has 0 N–H and O–H groups in total. The topological polar surface area (TPSA) is 17.1 Å². The summed E-state index contributed by atoms with van der Waals surface area (Å²) in [5.74, 6) is -3.58. The first-order valence-electron chi connectivity index (χ1n) is 8.25. The zero-order chi connectivity index (χ0) is 23.0. The summed E-state index contributed by atoms with van der Waals surface area (Å²) in [5.41, 5.74) is -2.77. The molecule has 0 heterocycles. The van der Waals surface area contributed by atoms with Crippen molar-refractivity contribution < 1.29 is 26.7 Å². The molecular formula is C20H13BrCl2F5IO. The lowest BCUT2D eigenvalue weighted by molar-refractivity contribution is -0.139. The monoisotopic (exact) mass is 640 g/mol. The van der Waals surface area contributed by atoms with Crippen molar-refractivity contribution in [3.05, 3.63) is 73.2 Å². The Bertz CT molecular complexity index is 992. The summed E-state index contributed by atoms with van der Waals surface area (Å²) in [4.78, 5) is 11.7. The van der Waals surface area contributed by atoms with Gasteiger partial charge in [0, 0.05) is 39.3 Å². The number of rotatable bonds is 5. The number of benzene rings is 2. The van der Waals surface area contributed by atoms with Gasteiger partial charge in [-0.25, -0.2) is 8.78 Å². The second kappa shape index (κ2) is 9.42. The third kappa shape index (κ3) is 5.95. The zero-order valence-corrected chi connectivity index (χ0v) is 20.6. The molecule has 0 aliphatic rings. The van der Waals surface area contributed by atoms with Crippen molar-refractivity contribution in [1.29, 1.82) is 0 Å². The number of alkyl halides is 4. The Kier molecular flexibility index (Phi) is 8.02. The van der Waals surface area contributed by atoms with Crippen molar-refractivity contribution in [2.75, 3.05) is 0 Å². The molecule has 0 saturated heterocycles. The summed E-state index contributed by atoms with van der Waals surface area (Å²) in [6, 6.07) is 5.42. The number of carbonyl (C=O) groups is 1. The van der Waals surface area contributed by atoms with Gasteiger partial charge >= 0.3 is 6.18 Å². The molecule has 0 spiro atoms. The fourth-order valence-corrected chi connectivity index (χ4v) is 3.94. The highest BCUT2D eigenvalue weighted by atomic mass is 127. The lowest BCUT2D eigenvalue weighted by Gasteiger charge is -2.20. The molecule has 2 rings (SSSR count). The summed E-state index contributed by atoms with van der Waals surface area (Å²) >= 11 is 16.3. The van der Waals surface area contributed by atoms with E-state index >= 15 is 0 Å². The van der Waals surface area contributed by atoms with Gasteiger partial charge in [0.15, 0.2) is 0 Å². The lowest BCUT2D eigenvalue weighted by atomic mass is 9.91. The van der Waals surface area contributed by atoms with Crippen LogP contribution in [-0.2, 0) is 5.67 Å². The normalized spacial score (nSPS) is 14.0. The van der Waals surface area contributed by atoms with Crippen LogP contribution < -0.4 is 0 Å². The first-order valence-corrected chi connectivity index (χ1v) is 10.9. The predicted molar refractivity (Wildman–Crippen MR) is 121 cm³/mol. The average Bonchev–Trinajstić information content (AvgIpc) is 2.61. The molecule has 0 radical (unpaired) electrons. The van der Waals surface area contributed by atoms with Crippen molar-refractivity contribution in [3.63, 3.8) is 0 Å². The van der Waals surface area contributed by atoms with E-state index in [1.54, 1.807) is 0 Å². The Hall–Kier alpha value is -0.710. The van der Waals surface area contributed by atoms with Gasteiger partial charge in [-0.3, -0.25) is 4.79 Å². The summed E-state index contributed by atoms with van der Waals surface area (Å²) in [6.07, 6.45) is -4.48.